The van der Waals surface area contributed by atoms with Crippen LogP contribution in [0.2, 0.25) is 0 Å². The molecule has 0 atom stereocenters. The summed E-state index contributed by atoms with van der Waals surface area (Å²) in [6.45, 7) is 4.01. The van der Waals surface area contributed by atoms with Gasteiger partial charge in [-0.1, -0.05) is 33.3 Å². The molecule has 2 N–H and O–H groups in total. The molecule has 0 spiro atoms. The quantitative estimate of drug-likeness (QED) is 0.865. The van der Waals surface area contributed by atoms with Crippen LogP contribution >= 0.6 is 27.3 Å². The van der Waals surface area contributed by atoms with Crippen molar-refractivity contribution in [1.82, 2.24) is 4.98 Å². The summed E-state index contributed by atoms with van der Waals surface area (Å²) in [5, 5.41) is 1.79. The molecule has 1 aromatic carbocycles. The average Bonchev–Trinajstić information content (AvgIpc) is 2.51. The topological polar surface area (TPSA) is 38.9 Å². The zero-order valence-electron chi connectivity index (χ0n) is 8.54. The molecule has 1 aromatic heterocycles. The van der Waals surface area contributed by atoms with Crippen molar-refractivity contribution in [2.75, 3.05) is 5.73 Å². The van der Waals surface area contributed by atoms with Gasteiger partial charge in [-0.25, -0.2) is 4.98 Å². The van der Waals surface area contributed by atoms with Crippen molar-refractivity contribution in [2.24, 2.45) is 0 Å². The fraction of sp³-hybridized carbons (Fsp3) is 0.182. The number of rotatable bonds is 1. The van der Waals surface area contributed by atoms with Crippen LogP contribution in [-0.2, 0) is 0 Å². The van der Waals surface area contributed by atoms with Crippen molar-refractivity contribution >= 4 is 32.3 Å². The molecule has 1 heterocycles. The highest BCUT2D eigenvalue weighted by atomic mass is 79.9. The van der Waals surface area contributed by atoms with Crippen LogP contribution in [0.15, 0.2) is 22.7 Å². The minimum atomic E-state index is 0.796. The van der Waals surface area contributed by atoms with E-state index in [0.29, 0.717) is 0 Å². The van der Waals surface area contributed by atoms with E-state index in [-0.39, 0.29) is 0 Å². The Morgan fingerprint density at radius 3 is 2.67 bits per heavy atom. The summed E-state index contributed by atoms with van der Waals surface area (Å²) >= 11 is 5.00. The number of aryl methyl sites for hydroxylation is 2. The Kier molecular flexibility index (Phi) is 2.80. The van der Waals surface area contributed by atoms with Gasteiger partial charge in [0.25, 0.3) is 0 Å². The van der Waals surface area contributed by atoms with Crippen molar-refractivity contribution in [3.63, 3.8) is 0 Å². The molecular weight excluding hydrogens is 272 g/mol. The number of hydrogen-bond donors (Lipinski definition) is 1. The van der Waals surface area contributed by atoms with Crippen LogP contribution in [0.3, 0.4) is 0 Å². The summed E-state index contributed by atoms with van der Waals surface area (Å²) in [7, 11) is 0. The minimum Gasteiger partial charge on any atom is -0.389 e. The monoisotopic (exact) mass is 282 g/mol. The number of thiazole rings is 1. The third-order valence-electron chi connectivity index (χ3n) is 2.26. The normalized spacial score (nSPS) is 10.6. The predicted molar refractivity (Wildman–Crippen MR) is 69.1 cm³/mol. The summed E-state index contributed by atoms with van der Waals surface area (Å²) in [4.78, 5) is 4.46. The Balaban J connectivity index is 2.58. The van der Waals surface area contributed by atoms with Gasteiger partial charge in [-0.15, -0.1) is 0 Å². The fourth-order valence-corrected chi connectivity index (χ4v) is 2.62. The molecule has 15 heavy (non-hydrogen) atoms. The first-order valence-corrected chi connectivity index (χ1v) is 6.18. The van der Waals surface area contributed by atoms with Gasteiger partial charge in [0.1, 0.15) is 10.0 Å². The molecular formula is C11H11BrN2S. The van der Waals surface area contributed by atoms with E-state index in [0.717, 1.165) is 25.7 Å². The van der Waals surface area contributed by atoms with Crippen LogP contribution in [0.25, 0.3) is 10.6 Å². The average molecular weight is 283 g/mol. The summed E-state index contributed by atoms with van der Waals surface area (Å²) < 4.78 is 1.06. The SMILES string of the molecule is Cc1ccc(Br)cc1-c1nc(C)c(N)s1. The first-order chi connectivity index (χ1) is 7.08. The molecule has 0 bridgehead atoms. The van der Waals surface area contributed by atoms with E-state index in [1.54, 1.807) is 0 Å². The Morgan fingerprint density at radius 1 is 1.33 bits per heavy atom. The molecule has 0 saturated carbocycles. The Morgan fingerprint density at radius 2 is 2.07 bits per heavy atom. The molecule has 2 nitrogen and oxygen atoms in total. The van der Waals surface area contributed by atoms with Crippen molar-refractivity contribution in [3.8, 4) is 10.6 Å². The minimum absolute atomic E-state index is 0.796. The number of nitrogens with two attached hydrogens (primary N) is 1. The van der Waals surface area contributed by atoms with Crippen molar-refractivity contribution in [1.29, 1.82) is 0 Å². The molecule has 0 aliphatic heterocycles. The van der Waals surface area contributed by atoms with E-state index < -0.39 is 0 Å². The number of nitrogen functional groups attached to an aromatic ring is 1. The zero-order chi connectivity index (χ0) is 11.0. The smallest absolute Gasteiger partial charge is 0.125 e. The number of hydrogen-bond acceptors (Lipinski definition) is 3. The molecule has 0 radical (unpaired) electrons. The highest BCUT2D eigenvalue weighted by Gasteiger charge is 2.09. The van der Waals surface area contributed by atoms with Gasteiger partial charge < -0.3 is 5.73 Å². The summed E-state index contributed by atoms with van der Waals surface area (Å²) in [5.74, 6) is 0. The second-order valence-electron chi connectivity index (χ2n) is 3.43. The van der Waals surface area contributed by atoms with Crippen LogP contribution in [-0.4, -0.2) is 4.98 Å². The second-order valence-corrected chi connectivity index (χ2v) is 5.37. The van der Waals surface area contributed by atoms with Gasteiger partial charge in [0.05, 0.1) is 5.69 Å². The van der Waals surface area contributed by atoms with Crippen LogP contribution < -0.4 is 5.73 Å². The van der Waals surface area contributed by atoms with Crippen molar-refractivity contribution < 1.29 is 0 Å². The van der Waals surface area contributed by atoms with E-state index in [1.807, 2.05) is 13.0 Å². The van der Waals surface area contributed by atoms with E-state index in [9.17, 15) is 0 Å². The Bertz CT molecular complexity index is 486. The fourth-order valence-electron chi connectivity index (χ4n) is 1.35. The first kappa shape index (κ1) is 10.6. The van der Waals surface area contributed by atoms with Crippen LogP contribution in [0, 0.1) is 13.8 Å². The van der Waals surface area contributed by atoms with Gasteiger partial charge >= 0.3 is 0 Å². The summed E-state index contributed by atoms with van der Waals surface area (Å²) in [6.07, 6.45) is 0. The first-order valence-electron chi connectivity index (χ1n) is 4.57. The number of anilines is 1. The van der Waals surface area contributed by atoms with Gasteiger partial charge in [-0.2, -0.15) is 0 Å². The Labute approximate surface area is 101 Å². The van der Waals surface area contributed by atoms with Crippen molar-refractivity contribution in [3.05, 3.63) is 33.9 Å². The largest absolute Gasteiger partial charge is 0.389 e. The van der Waals surface area contributed by atoms with E-state index >= 15 is 0 Å². The van der Waals surface area contributed by atoms with Crippen LogP contribution in [0.5, 0.6) is 0 Å². The lowest BCUT2D eigenvalue weighted by Gasteiger charge is -2.02. The lowest BCUT2D eigenvalue weighted by Crippen LogP contribution is -1.83. The van der Waals surface area contributed by atoms with Gasteiger partial charge in [-0.3, -0.25) is 0 Å². The summed E-state index contributed by atoms with van der Waals surface area (Å²) in [6, 6.07) is 6.18. The standard InChI is InChI=1S/C11H11BrN2S/c1-6-3-4-8(12)5-9(6)11-14-7(2)10(13)15-11/h3-5H,13H2,1-2H3. The van der Waals surface area contributed by atoms with E-state index in [4.69, 9.17) is 5.73 Å². The molecule has 0 unspecified atom stereocenters. The third kappa shape index (κ3) is 2.06. The van der Waals surface area contributed by atoms with Gasteiger partial charge in [0.2, 0.25) is 0 Å². The molecule has 4 heteroatoms. The lowest BCUT2D eigenvalue weighted by molar-refractivity contribution is 1.26. The number of benzene rings is 1. The van der Waals surface area contributed by atoms with Crippen LogP contribution in [0.1, 0.15) is 11.3 Å². The molecule has 0 saturated heterocycles. The third-order valence-corrected chi connectivity index (χ3v) is 3.78. The van der Waals surface area contributed by atoms with Crippen LogP contribution in [0.4, 0.5) is 5.00 Å². The second kappa shape index (κ2) is 3.94. The predicted octanol–water partition coefficient (Wildman–Crippen LogP) is 3.77. The van der Waals surface area contributed by atoms with Gasteiger partial charge in [-0.05, 0) is 31.5 Å². The molecule has 2 rings (SSSR count). The zero-order valence-corrected chi connectivity index (χ0v) is 10.9. The van der Waals surface area contributed by atoms with E-state index in [2.05, 4.69) is 40.0 Å². The summed E-state index contributed by atoms with van der Waals surface area (Å²) in [5.41, 5.74) is 9.08. The molecule has 0 aliphatic carbocycles. The highest BCUT2D eigenvalue weighted by molar-refractivity contribution is 9.10. The molecule has 78 valence electrons. The maximum atomic E-state index is 5.81. The lowest BCUT2D eigenvalue weighted by atomic mass is 10.1. The molecule has 2 aromatic rings. The number of nitrogens with zero attached hydrogens (tertiary/aromatic N) is 1. The van der Waals surface area contributed by atoms with Gasteiger partial charge in [0, 0.05) is 10.0 Å². The molecule has 0 amide bonds. The highest BCUT2D eigenvalue weighted by Crippen LogP contribution is 2.32. The van der Waals surface area contributed by atoms with E-state index in [1.165, 1.54) is 16.9 Å². The van der Waals surface area contributed by atoms with Gasteiger partial charge in [0.15, 0.2) is 0 Å². The maximum absolute atomic E-state index is 5.81. The van der Waals surface area contributed by atoms with Crippen molar-refractivity contribution in [2.45, 2.75) is 13.8 Å². The number of halogens is 1. The molecule has 0 aliphatic rings. The molecule has 0 fully saturated rings. The maximum Gasteiger partial charge on any atom is 0.125 e. The Hall–Kier alpha value is -0.870. The number of aromatic nitrogens is 1.